The van der Waals surface area contributed by atoms with Crippen LogP contribution in [0.5, 0.6) is 0 Å². The monoisotopic (exact) mass is 533 g/mol. The molecule has 11 heteroatoms. The number of hydrogen-bond acceptors (Lipinski definition) is 7. The van der Waals surface area contributed by atoms with Crippen LogP contribution in [0.3, 0.4) is 0 Å². The summed E-state index contributed by atoms with van der Waals surface area (Å²) in [7, 11) is 0. The van der Waals surface area contributed by atoms with Crippen LogP contribution in [0.2, 0.25) is 0 Å². The second-order valence-electron chi connectivity index (χ2n) is 8.56. The van der Waals surface area contributed by atoms with E-state index in [1.54, 1.807) is 16.7 Å². The molecule has 0 unspecified atom stereocenters. The third kappa shape index (κ3) is 4.00. The van der Waals surface area contributed by atoms with Gasteiger partial charge in [0.1, 0.15) is 11.6 Å². The van der Waals surface area contributed by atoms with Crippen molar-refractivity contribution in [2.75, 3.05) is 0 Å². The summed E-state index contributed by atoms with van der Waals surface area (Å²) in [6, 6.07) is 5.72. The zero-order valence-electron chi connectivity index (χ0n) is 18.3. The molecule has 0 aliphatic heterocycles. The highest BCUT2D eigenvalue weighted by atomic mass is 79.9. The van der Waals surface area contributed by atoms with Crippen LogP contribution in [0.1, 0.15) is 64.3 Å². The van der Waals surface area contributed by atoms with Crippen molar-refractivity contribution in [3.8, 4) is 6.07 Å². The Bertz CT molecular complexity index is 1660. The van der Waals surface area contributed by atoms with Gasteiger partial charge in [-0.1, -0.05) is 0 Å². The minimum absolute atomic E-state index is 0.0457. The summed E-state index contributed by atoms with van der Waals surface area (Å²) < 4.78 is 23.8. The van der Waals surface area contributed by atoms with Crippen molar-refractivity contribution in [3.63, 3.8) is 0 Å². The Morgan fingerprint density at radius 1 is 1.29 bits per heavy atom. The third-order valence-corrected chi connectivity index (χ3v) is 6.70. The zero-order chi connectivity index (χ0) is 24.1. The third-order valence-electron chi connectivity index (χ3n) is 6.09. The van der Waals surface area contributed by atoms with Gasteiger partial charge in [0.25, 0.3) is 5.89 Å². The number of carbonyl (C=O) groups excluding carboxylic acids is 1. The Hall–Kier alpha value is -3.91. The fourth-order valence-electron chi connectivity index (χ4n) is 4.18. The van der Waals surface area contributed by atoms with E-state index in [0.717, 1.165) is 18.4 Å². The highest BCUT2D eigenvalue weighted by Gasteiger charge is 2.25. The molecule has 1 saturated carbocycles. The van der Waals surface area contributed by atoms with Crippen molar-refractivity contribution < 1.29 is 13.6 Å². The molecule has 35 heavy (non-hydrogen) atoms. The number of imidazole rings is 2. The number of hydrogen-bond donors (Lipinski definition) is 0. The summed E-state index contributed by atoms with van der Waals surface area (Å²) >= 11 is 3.17. The normalized spacial score (nSPS) is 13.5. The van der Waals surface area contributed by atoms with E-state index in [0.29, 0.717) is 38.5 Å². The van der Waals surface area contributed by atoms with Crippen molar-refractivity contribution in [1.82, 2.24) is 29.0 Å². The predicted molar refractivity (Wildman–Crippen MR) is 124 cm³/mol. The van der Waals surface area contributed by atoms with Crippen LogP contribution >= 0.6 is 15.9 Å². The van der Waals surface area contributed by atoms with Crippen molar-refractivity contribution in [1.29, 1.82) is 5.26 Å². The molecule has 1 aliphatic carbocycles. The summed E-state index contributed by atoms with van der Waals surface area (Å²) in [5.74, 6) is -0.122. The smallest absolute Gasteiger partial charge is 0.284 e. The first kappa shape index (κ1) is 21.6. The van der Waals surface area contributed by atoms with Crippen molar-refractivity contribution >= 4 is 32.9 Å². The standard InChI is InChI=1S/C24H17BrFN7O2/c25-17-5-6-32-12-28-18(22(32)21(17)26)3-4-19(34)24-31-30-20(35-24)8-16-11-33-10-15(13-1-2-13)7-14(9-27)23(33)29-16/h5-7,10-13H,1-4,8H2. The van der Waals surface area contributed by atoms with E-state index in [2.05, 4.69) is 42.2 Å². The first-order valence-corrected chi connectivity index (χ1v) is 11.9. The molecule has 5 heterocycles. The highest BCUT2D eigenvalue weighted by molar-refractivity contribution is 9.10. The first-order valence-electron chi connectivity index (χ1n) is 11.1. The van der Waals surface area contributed by atoms with E-state index >= 15 is 0 Å². The number of nitriles is 1. The van der Waals surface area contributed by atoms with Crippen LogP contribution in [-0.4, -0.2) is 34.7 Å². The molecular weight excluding hydrogens is 517 g/mol. The van der Waals surface area contributed by atoms with Gasteiger partial charge >= 0.3 is 0 Å². The Kier molecular flexibility index (Phi) is 5.18. The maximum absolute atomic E-state index is 14.5. The van der Waals surface area contributed by atoms with E-state index < -0.39 is 5.82 Å². The number of aromatic nitrogens is 6. The van der Waals surface area contributed by atoms with E-state index in [1.165, 1.54) is 6.33 Å². The van der Waals surface area contributed by atoms with Gasteiger partial charge in [-0.15, -0.1) is 10.2 Å². The lowest BCUT2D eigenvalue weighted by Crippen LogP contribution is -2.03. The average Bonchev–Trinajstić information content (AvgIpc) is 3.26. The fraction of sp³-hybridized carbons (Fsp3) is 0.250. The van der Waals surface area contributed by atoms with Gasteiger partial charge in [-0.3, -0.25) is 4.79 Å². The molecule has 0 atom stereocenters. The molecule has 1 aliphatic rings. The molecule has 0 spiro atoms. The fourth-order valence-corrected chi connectivity index (χ4v) is 4.48. The van der Waals surface area contributed by atoms with Crippen molar-refractivity contribution in [3.05, 3.63) is 81.6 Å². The Morgan fingerprint density at radius 2 is 2.14 bits per heavy atom. The topological polar surface area (TPSA) is 114 Å². The van der Waals surface area contributed by atoms with Crippen LogP contribution in [-0.2, 0) is 12.8 Å². The number of Topliss-reactive ketones (excluding diaryl/α,β-unsaturated/α-hetero) is 1. The van der Waals surface area contributed by atoms with Crippen LogP contribution < -0.4 is 0 Å². The van der Waals surface area contributed by atoms with Gasteiger partial charge in [-0.2, -0.15) is 5.26 Å². The summed E-state index contributed by atoms with van der Waals surface area (Å²) in [4.78, 5) is 21.4. The minimum Gasteiger partial charge on any atom is -0.418 e. The van der Waals surface area contributed by atoms with Gasteiger partial charge < -0.3 is 13.2 Å². The van der Waals surface area contributed by atoms with Crippen LogP contribution in [0.25, 0.3) is 11.2 Å². The molecule has 6 rings (SSSR count). The second-order valence-corrected chi connectivity index (χ2v) is 9.42. The lowest BCUT2D eigenvalue weighted by atomic mass is 10.1. The first-order chi connectivity index (χ1) is 17.0. The second kappa shape index (κ2) is 8.39. The van der Waals surface area contributed by atoms with Crippen molar-refractivity contribution in [2.45, 2.75) is 38.0 Å². The van der Waals surface area contributed by atoms with Crippen LogP contribution in [0.15, 0.2) is 45.9 Å². The predicted octanol–water partition coefficient (Wildman–Crippen LogP) is 4.42. The lowest BCUT2D eigenvalue weighted by Gasteiger charge is -2.01. The molecule has 174 valence electrons. The maximum Gasteiger partial charge on any atom is 0.284 e. The maximum atomic E-state index is 14.5. The van der Waals surface area contributed by atoms with E-state index in [4.69, 9.17) is 4.42 Å². The number of aryl methyl sites for hydroxylation is 1. The lowest BCUT2D eigenvalue weighted by molar-refractivity contribution is 0.0947. The number of halogens is 2. The molecule has 5 aromatic heterocycles. The molecular formula is C24H17BrFN7O2. The molecule has 0 N–H and O–H groups in total. The van der Waals surface area contributed by atoms with Gasteiger partial charge in [0.05, 0.1) is 34.2 Å². The molecule has 0 amide bonds. The molecule has 0 aromatic carbocycles. The summed E-state index contributed by atoms with van der Waals surface area (Å²) in [5.41, 5.74) is 3.70. The highest BCUT2D eigenvalue weighted by Crippen LogP contribution is 2.40. The number of pyridine rings is 2. The van der Waals surface area contributed by atoms with E-state index in [-0.39, 0.29) is 36.8 Å². The number of fused-ring (bicyclic) bond motifs is 2. The number of nitrogens with zero attached hydrogens (tertiary/aromatic N) is 7. The quantitative estimate of drug-likeness (QED) is 0.284. The Balaban J connectivity index is 1.17. The summed E-state index contributed by atoms with van der Waals surface area (Å²) in [6.07, 6.45) is 9.83. The van der Waals surface area contributed by atoms with Crippen molar-refractivity contribution in [2.24, 2.45) is 0 Å². The number of rotatable bonds is 7. The zero-order valence-corrected chi connectivity index (χ0v) is 19.9. The van der Waals surface area contributed by atoms with E-state index in [9.17, 15) is 14.4 Å². The largest absolute Gasteiger partial charge is 0.418 e. The molecule has 1 fully saturated rings. The Labute approximate surface area is 206 Å². The number of ketones is 1. The van der Waals surface area contributed by atoms with Gasteiger partial charge in [-0.05, 0) is 58.8 Å². The Morgan fingerprint density at radius 3 is 2.94 bits per heavy atom. The molecule has 5 aromatic rings. The SMILES string of the molecule is N#Cc1cc(C2CC2)cn2cc(Cc3nnc(C(=O)CCc4ncn5ccc(Br)c(F)c45)o3)nc12. The molecule has 9 nitrogen and oxygen atoms in total. The minimum atomic E-state index is -0.427. The molecule has 0 radical (unpaired) electrons. The van der Waals surface area contributed by atoms with Gasteiger partial charge in [0.15, 0.2) is 11.5 Å². The average molecular weight is 534 g/mol. The van der Waals surface area contributed by atoms with Crippen LogP contribution in [0.4, 0.5) is 4.39 Å². The summed E-state index contributed by atoms with van der Waals surface area (Å²) in [6.45, 7) is 0. The van der Waals surface area contributed by atoms with Gasteiger partial charge in [-0.25, -0.2) is 14.4 Å². The molecule has 0 saturated heterocycles. The molecule has 0 bridgehead atoms. The van der Waals surface area contributed by atoms with Gasteiger partial charge in [0, 0.05) is 25.0 Å². The van der Waals surface area contributed by atoms with E-state index in [1.807, 2.05) is 22.9 Å². The van der Waals surface area contributed by atoms with Crippen LogP contribution in [0, 0.1) is 17.1 Å². The summed E-state index contributed by atoms with van der Waals surface area (Å²) in [5, 5.41) is 17.4. The van der Waals surface area contributed by atoms with Gasteiger partial charge in [0.2, 0.25) is 11.7 Å². The number of carbonyl (C=O) groups is 1.